The molecule has 2 heterocycles. The molecule has 0 aliphatic carbocycles. The number of methoxy groups -OCH3 is 1. The summed E-state index contributed by atoms with van der Waals surface area (Å²) in [5.74, 6) is -0.462. The molecular formula is C26H33BrFN3O5. The lowest BCUT2D eigenvalue weighted by atomic mass is 10.1. The molecule has 0 bridgehead atoms. The highest BCUT2D eigenvalue weighted by Crippen LogP contribution is 2.28. The number of rotatable bonds is 6. The van der Waals surface area contributed by atoms with Crippen molar-refractivity contribution in [3.63, 3.8) is 0 Å². The van der Waals surface area contributed by atoms with Crippen LogP contribution in [0.2, 0.25) is 0 Å². The molecule has 36 heavy (non-hydrogen) atoms. The highest BCUT2D eigenvalue weighted by molar-refractivity contribution is 9.10. The standard InChI is InChI=1S/C26H33BrFN3O5/c1-16-11-19(13-29-23(16)24(32)34-6)35-22(18-7-8-20(27)21(28)12-18)15-30-9-10-31(17(2)14-30)25(33)36-26(3,4)5/h7-8,11-13,17,22H,9-10,14-15H2,1-6H3/t17-,22?/m1/s1. The number of pyridine rings is 1. The SMILES string of the molecule is COC(=O)c1ncc(OC(CN2CCN(C(=O)OC(C)(C)C)[C@H](C)C2)c2ccc(Br)c(F)c2)cc1C. The summed E-state index contributed by atoms with van der Waals surface area (Å²) in [6, 6.07) is 6.54. The number of hydrogen-bond acceptors (Lipinski definition) is 7. The Morgan fingerprint density at radius 1 is 1.25 bits per heavy atom. The highest BCUT2D eigenvalue weighted by atomic mass is 79.9. The van der Waals surface area contributed by atoms with Gasteiger partial charge < -0.3 is 19.1 Å². The van der Waals surface area contributed by atoms with Gasteiger partial charge in [-0.3, -0.25) is 4.90 Å². The van der Waals surface area contributed by atoms with E-state index < -0.39 is 17.7 Å². The highest BCUT2D eigenvalue weighted by Gasteiger charge is 2.32. The summed E-state index contributed by atoms with van der Waals surface area (Å²) < 4.78 is 31.3. The largest absolute Gasteiger partial charge is 0.483 e. The molecule has 0 radical (unpaired) electrons. The van der Waals surface area contributed by atoms with Crippen LogP contribution in [0.15, 0.2) is 34.9 Å². The van der Waals surface area contributed by atoms with Gasteiger partial charge >= 0.3 is 12.1 Å². The number of halogens is 2. The summed E-state index contributed by atoms with van der Waals surface area (Å²) >= 11 is 3.20. The zero-order valence-corrected chi connectivity index (χ0v) is 23.1. The van der Waals surface area contributed by atoms with Crippen molar-refractivity contribution in [2.24, 2.45) is 0 Å². The number of piperazine rings is 1. The van der Waals surface area contributed by atoms with E-state index in [0.717, 1.165) is 0 Å². The summed E-state index contributed by atoms with van der Waals surface area (Å²) in [7, 11) is 1.30. The van der Waals surface area contributed by atoms with Crippen LogP contribution < -0.4 is 4.74 Å². The zero-order valence-electron chi connectivity index (χ0n) is 21.5. The van der Waals surface area contributed by atoms with Gasteiger partial charge in [0.15, 0.2) is 5.69 Å². The molecule has 1 fully saturated rings. The second-order valence-corrected chi connectivity index (χ2v) is 10.7. The Balaban J connectivity index is 1.78. The van der Waals surface area contributed by atoms with Crippen molar-refractivity contribution in [1.82, 2.24) is 14.8 Å². The lowest BCUT2D eigenvalue weighted by molar-refractivity contribution is -0.00301. The van der Waals surface area contributed by atoms with Crippen molar-refractivity contribution in [3.8, 4) is 5.75 Å². The van der Waals surface area contributed by atoms with Crippen LogP contribution >= 0.6 is 15.9 Å². The van der Waals surface area contributed by atoms with Crippen LogP contribution in [0.1, 0.15) is 55.4 Å². The van der Waals surface area contributed by atoms with Crippen molar-refractivity contribution < 1.29 is 28.2 Å². The van der Waals surface area contributed by atoms with Crippen molar-refractivity contribution >= 4 is 28.0 Å². The Bertz CT molecular complexity index is 1110. The third-order valence-electron chi connectivity index (χ3n) is 5.79. The number of carbonyl (C=O) groups excluding carboxylic acids is 2. The van der Waals surface area contributed by atoms with Crippen LogP contribution in [-0.4, -0.2) is 71.8 Å². The second kappa shape index (κ2) is 11.6. The molecule has 1 amide bonds. The Labute approximate surface area is 219 Å². The van der Waals surface area contributed by atoms with Crippen molar-refractivity contribution in [1.29, 1.82) is 0 Å². The molecule has 1 unspecified atom stereocenters. The second-order valence-electron chi connectivity index (χ2n) is 9.89. The lowest BCUT2D eigenvalue weighted by Gasteiger charge is -2.41. The lowest BCUT2D eigenvalue weighted by Crippen LogP contribution is -2.55. The van der Waals surface area contributed by atoms with Crippen LogP contribution in [0.3, 0.4) is 0 Å². The number of amides is 1. The van der Waals surface area contributed by atoms with Gasteiger partial charge in [0.05, 0.1) is 17.8 Å². The third kappa shape index (κ3) is 7.16. The first-order valence-corrected chi connectivity index (χ1v) is 12.6. The van der Waals surface area contributed by atoms with Gasteiger partial charge in [0, 0.05) is 32.2 Å². The number of benzene rings is 1. The van der Waals surface area contributed by atoms with Gasteiger partial charge in [0.2, 0.25) is 0 Å². The first-order valence-electron chi connectivity index (χ1n) is 11.8. The van der Waals surface area contributed by atoms with Gasteiger partial charge in [0.1, 0.15) is 23.3 Å². The van der Waals surface area contributed by atoms with Gasteiger partial charge in [0.25, 0.3) is 0 Å². The monoisotopic (exact) mass is 565 g/mol. The van der Waals surface area contributed by atoms with Crippen LogP contribution in [0.25, 0.3) is 0 Å². The van der Waals surface area contributed by atoms with E-state index >= 15 is 0 Å². The molecule has 8 nitrogen and oxygen atoms in total. The summed E-state index contributed by atoms with van der Waals surface area (Å²) in [4.78, 5) is 32.6. The Morgan fingerprint density at radius 2 is 1.97 bits per heavy atom. The topological polar surface area (TPSA) is 81.2 Å². The minimum absolute atomic E-state index is 0.0702. The van der Waals surface area contributed by atoms with E-state index in [0.29, 0.717) is 47.5 Å². The molecule has 1 aromatic heterocycles. The fourth-order valence-electron chi connectivity index (χ4n) is 4.04. The smallest absolute Gasteiger partial charge is 0.410 e. The maximum atomic E-state index is 14.4. The molecule has 1 aliphatic rings. The normalized spacial score (nSPS) is 17.4. The fraction of sp³-hybridized carbons (Fsp3) is 0.500. The van der Waals surface area contributed by atoms with Gasteiger partial charge in [-0.05, 0) is 79.9 Å². The maximum absolute atomic E-state index is 14.4. The summed E-state index contributed by atoms with van der Waals surface area (Å²) in [6.45, 7) is 11.5. The van der Waals surface area contributed by atoms with E-state index in [2.05, 4.69) is 25.8 Å². The molecule has 10 heteroatoms. The van der Waals surface area contributed by atoms with E-state index in [4.69, 9.17) is 14.2 Å². The molecule has 1 aliphatic heterocycles. The number of aryl methyl sites for hydroxylation is 1. The molecular weight excluding hydrogens is 533 g/mol. The predicted octanol–water partition coefficient (Wildman–Crippen LogP) is 5.14. The van der Waals surface area contributed by atoms with Crippen molar-refractivity contribution in [3.05, 3.63) is 57.6 Å². The Hall–Kier alpha value is -2.72. The van der Waals surface area contributed by atoms with Crippen molar-refractivity contribution in [2.75, 3.05) is 33.3 Å². The summed E-state index contributed by atoms with van der Waals surface area (Å²) in [5, 5.41) is 0. The molecule has 196 valence electrons. The van der Waals surface area contributed by atoms with Crippen LogP contribution in [0, 0.1) is 12.7 Å². The average molecular weight is 566 g/mol. The molecule has 1 aromatic carbocycles. The fourth-order valence-corrected chi connectivity index (χ4v) is 4.28. The molecule has 2 aromatic rings. The minimum Gasteiger partial charge on any atom is -0.483 e. The van der Waals surface area contributed by atoms with Crippen LogP contribution in [0.5, 0.6) is 5.75 Å². The number of hydrogen-bond donors (Lipinski definition) is 0. The average Bonchev–Trinajstić information content (AvgIpc) is 2.79. The van der Waals surface area contributed by atoms with Crippen molar-refractivity contribution in [2.45, 2.75) is 52.4 Å². The quantitative estimate of drug-likeness (QED) is 0.448. The number of nitrogens with zero attached hydrogens (tertiary/aromatic N) is 3. The number of carbonyl (C=O) groups is 2. The number of aromatic nitrogens is 1. The molecule has 2 atom stereocenters. The Kier molecular flexibility index (Phi) is 8.94. The third-order valence-corrected chi connectivity index (χ3v) is 6.43. The summed E-state index contributed by atoms with van der Waals surface area (Å²) in [6.07, 6.45) is 0.618. The number of esters is 1. The molecule has 0 saturated carbocycles. The summed E-state index contributed by atoms with van der Waals surface area (Å²) in [5.41, 5.74) is 0.921. The van der Waals surface area contributed by atoms with E-state index in [1.54, 1.807) is 30.0 Å². The van der Waals surface area contributed by atoms with E-state index in [1.165, 1.54) is 19.4 Å². The van der Waals surface area contributed by atoms with Gasteiger partial charge in [-0.25, -0.2) is 19.0 Å². The Morgan fingerprint density at radius 3 is 2.56 bits per heavy atom. The predicted molar refractivity (Wildman–Crippen MR) is 137 cm³/mol. The van der Waals surface area contributed by atoms with E-state index in [-0.39, 0.29) is 23.6 Å². The minimum atomic E-state index is -0.561. The van der Waals surface area contributed by atoms with Crippen LogP contribution in [0.4, 0.5) is 9.18 Å². The molecule has 0 N–H and O–H groups in total. The molecule has 3 rings (SSSR count). The van der Waals surface area contributed by atoms with E-state index in [9.17, 15) is 14.0 Å². The van der Waals surface area contributed by atoms with Crippen LogP contribution in [-0.2, 0) is 9.47 Å². The molecule has 0 spiro atoms. The van der Waals surface area contributed by atoms with Gasteiger partial charge in [-0.1, -0.05) is 6.07 Å². The maximum Gasteiger partial charge on any atom is 0.410 e. The zero-order chi connectivity index (χ0) is 26.6. The van der Waals surface area contributed by atoms with E-state index in [1.807, 2.05) is 27.7 Å². The van der Waals surface area contributed by atoms with Gasteiger partial charge in [-0.2, -0.15) is 0 Å². The first-order chi connectivity index (χ1) is 16.9. The first kappa shape index (κ1) is 27.9. The molecule has 1 saturated heterocycles. The number of ether oxygens (including phenoxy) is 3. The van der Waals surface area contributed by atoms with Gasteiger partial charge in [-0.15, -0.1) is 0 Å².